The van der Waals surface area contributed by atoms with E-state index in [0.717, 1.165) is 5.69 Å². The molecular weight excluding hydrogens is 188 g/mol. The van der Waals surface area contributed by atoms with Crippen LogP contribution in [0.5, 0.6) is 0 Å². The molecule has 3 nitrogen and oxygen atoms in total. The highest BCUT2D eigenvalue weighted by atomic mass is 16.1. The monoisotopic (exact) mass is 204 g/mol. The van der Waals surface area contributed by atoms with Gasteiger partial charge in [-0.2, -0.15) is 0 Å². The fourth-order valence-corrected chi connectivity index (χ4v) is 2.04. The lowest BCUT2D eigenvalue weighted by atomic mass is 9.93. The third-order valence-electron chi connectivity index (χ3n) is 3.15. The molecule has 1 aromatic carbocycles. The molecule has 3 heteroatoms. The van der Waals surface area contributed by atoms with Crippen LogP contribution in [0.15, 0.2) is 12.1 Å². The molecule has 0 spiro atoms. The van der Waals surface area contributed by atoms with E-state index in [0.29, 0.717) is 6.42 Å². The molecule has 0 saturated heterocycles. The largest absolute Gasteiger partial charge is 0.325 e. The summed E-state index contributed by atoms with van der Waals surface area (Å²) in [5, 5.41) is 6.13. The van der Waals surface area contributed by atoms with Crippen LogP contribution in [-0.4, -0.2) is 13.0 Å². The van der Waals surface area contributed by atoms with Crippen LogP contribution in [0.3, 0.4) is 0 Å². The molecule has 2 N–H and O–H groups in total. The molecule has 0 saturated carbocycles. The van der Waals surface area contributed by atoms with Gasteiger partial charge < -0.3 is 10.6 Å². The molecule has 1 unspecified atom stereocenters. The molecule has 80 valence electrons. The Bertz CT molecular complexity index is 412. The molecule has 1 aliphatic heterocycles. The van der Waals surface area contributed by atoms with Crippen molar-refractivity contribution in [3.05, 3.63) is 28.8 Å². The van der Waals surface area contributed by atoms with Gasteiger partial charge in [-0.1, -0.05) is 12.1 Å². The summed E-state index contributed by atoms with van der Waals surface area (Å²) >= 11 is 0. The summed E-state index contributed by atoms with van der Waals surface area (Å²) in [6.45, 7) is 4.11. The zero-order valence-corrected chi connectivity index (χ0v) is 9.35. The van der Waals surface area contributed by atoms with Gasteiger partial charge in [0, 0.05) is 18.2 Å². The normalized spacial score (nSPS) is 19.7. The molecule has 1 atom stereocenters. The highest BCUT2D eigenvalue weighted by molar-refractivity contribution is 5.95. The molecule has 2 rings (SSSR count). The summed E-state index contributed by atoms with van der Waals surface area (Å²) < 4.78 is 0. The summed E-state index contributed by atoms with van der Waals surface area (Å²) in [6.07, 6.45) is 0.520. The minimum atomic E-state index is 0.0931. The van der Waals surface area contributed by atoms with Crippen molar-refractivity contribution in [3.63, 3.8) is 0 Å². The minimum absolute atomic E-state index is 0.0931. The third kappa shape index (κ3) is 1.63. The first-order chi connectivity index (χ1) is 7.13. The Morgan fingerprint density at radius 1 is 1.40 bits per heavy atom. The SMILES string of the molecule is CNC1CC(=O)Nc2c1ccc(C)c2C. The van der Waals surface area contributed by atoms with E-state index in [1.807, 2.05) is 14.0 Å². The van der Waals surface area contributed by atoms with E-state index in [9.17, 15) is 4.79 Å². The lowest BCUT2D eigenvalue weighted by Crippen LogP contribution is -2.30. The molecule has 1 heterocycles. The molecule has 1 amide bonds. The van der Waals surface area contributed by atoms with E-state index < -0.39 is 0 Å². The first kappa shape index (κ1) is 10.2. The summed E-state index contributed by atoms with van der Waals surface area (Å²) in [6, 6.07) is 4.35. The predicted octanol–water partition coefficient (Wildman–Crippen LogP) is 1.91. The number of nitrogens with one attached hydrogen (secondary N) is 2. The fraction of sp³-hybridized carbons (Fsp3) is 0.417. The van der Waals surface area contributed by atoms with Crippen LogP contribution >= 0.6 is 0 Å². The number of benzene rings is 1. The molecule has 0 aliphatic carbocycles. The Balaban J connectivity index is 2.55. The summed E-state index contributed by atoms with van der Waals surface area (Å²) in [5.41, 5.74) is 4.57. The summed E-state index contributed by atoms with van der Waals surface area (Å²) in [7, 11) is 1.89. The van der Waals surface area contributed by atoms with Gasteiger partial charge in [-0.3, -0.25) is 4.79 Å². The van der Waals surface area contributed by atoms with E-state index in [1.165, 1.54) is 16.7 Å². The molecule has 0 fully saturated rings. The van der Waals surface area contributed by atoms with Gasteiger partial charge in [0.25, 0.3) is 0 Å². The number of anilines is 1. The molecule has 0 radical (unpaired) electrons. The van der Waals surface area contributed by atoms with Gasteiger partial charge in [0.2, 0.25) is 5.91 Å². The predicted molar refractivity (Wildman–Crippen MR) is 61.0 cm³/mol. The summed E-state index contributed by atoms with van der Waals surface area (Å²) in [4.78, 5) is 11.5. The van der Waals surface area contributed by atoms with Crippen molar-refractivity contribution in [2.24, 2.45) is 0 Å². The zero-order valence-electron chi connectivity index (χ0n) is 9.35. The van der Waals surface area contributed by atoms with Crippen molar-refractivity contribution in [2.75, 3.05) is 12.4 Å². The number of aryl methyl sites for hydroxylation is 1. The zero-order chi connectivity index (χ0) is 11.0. The van der Waals surface area contributed by atoms with Crippen LogP contribution < -0.4 is 10.6 Å². The van der Waals surface area contributed by atoms with E-state index in [2.05, 4.69) is 29.7 Å². The fourth-order valence-electron chi connectivity index (χ4n) is 2.04. The maximum absolute atomic E-state index is 11.5. The number of fused-ring (bicyclic) bond motifs is 1. The highest BCUT2D eigenvalue weighted by Gasteiger charge is 2.25. The Morgan fingerprint density at radius 3 is 2.80 bits per heavy atom. The van der Waals surface area contributed by atoms with Crippen LogP contribution in [0.2, 0.25) is 0 Å². The summed E-state index contributed by atoms with van der Waals surface area (Å²) in [5.74, 6) is 0.0931. The van der Waals surface area contributed by atoms with Crippen LogP contribution in [0.4, 0.5) is 5.69 Å². The Morgan fingerprint density at radius 2 is 2.13 bits per heavy atom. The van der Waals surface area contributed by atoms with E-state index in [4.69, 9.17) is 0 Å². The second-order valence-corrected chi connectivity index (χ2v) is 4.07. The average Bonchev–Trinajstić information content (AvgIpc) is 2.23. The molecule has 1 aromatic rings. The number of hydrogen-bond donors (Lipinski definition) is 2. The van der Waals surface area contributed by atoms with Gasteiger partial charge in [0.1, 0.15) is 0 Å². The van der Waals surface area contributed by atoms with Crippen molar-refractivity contribution in [3.8, 4) is 0 Å². The van der Waals surface area contributed by atoms with Crippen LogP contribution in [-0.2, 0) is 4.79 Å². The smallest absolute Gasteiger partial charge is 0.226 e. The van der Waals surface area contributed by atoms with Gasteiger partial charge in [-0.25, -0.2) is 0 Å². The van der Waals surface area contributed by atoms with Crippen LogP contribution in [0, 0.1) is 13.8 Å². The van der Waals surface area contributed by atoms with Crippen molar-refractivity contribution < 1.29 is 4.79 Å². The quantitative estimate of drug-likeness (QED) is 0.733. The van der Waals surface area contributed by atoms with E-state index in [1.54, 1.807) is 0 Å². The molecule has 1 aliphatic rings. The minimum Gasteiger partial charge on any atom is -0.325 e. The standard InChI is InChI=1S/C12H16N2O/c1-7-4-5-9-10(13-3)6-11(15)14-12(9)8(7)2/h4-5,10,13H,6H2,1-3H3,(H,14,15). The molecule has 0 bridgehead atoms. The van der Waals surface area contributed by atoms with Gasteiger partial charge in [0.15, 0.2) is 0 Å². The van der Waals surface area contributed by atoms with Crippen molar-refractivity contribution in [2.45, 2.75) is 26.3 Å². The average molecular weight is 204 g/mol. The van der Waals surface area contributed by atoms with Gasteiger partial charge in [-0.15, -0.1) is 0 Å². The number of amides is 1. The highest BCUT2D eigenvalue weighted by Crippen LogP contribution is 2.33. The van der Waals surface area contributed by atoms with Crippen molar-refractivity contribution >= 4 is 11.6 Å². The van der Waals surface area contributed by atoms with Crippen molar-refractivity contribution in [1.82, 2.24) is 5.32 Å². The van der Waals surface area contributed by atoms with E-state index >= 15 is 0 Å². The van der Waals surface area contributed by atoms with Crippen LogP contribution in [0.25, 0.3) is 0 Å². The maximum Gasteiger partial charge on any atom is 0.226 e. The number of carbonyl (C=O) groups is 1. The van der Waals surface area contributed by atoms with Gasteiger partial charge in [-0.05, 0) is 37.6 Å². The maximum atomic E-state index is 11.5. The van der Waals surface area contributed by atoms with Gasteiger partial charge >= 0.3 is 0 Å². The topological polar surface area (TPSA) is 41.1 Å². The first-order valence-corrected chi connectivity index (χ1v) is 5.20. The Hall–Kier alpha value is -1.35. The Kier molecular flexibility index (Phi) is 2.49. The number of hydrogen-bond acceptors (Lipinski definition) is 2. The second kappa shape index (κ2) is 3.66. The molecule has 0 aromatic heterocycles. The number of carbonyl (C=O) groups excluding carboxylic acids is 1. The van der Waals surface area contributed by atoms with E-state index in [-0.39, 0.29) is 11.9 Å². The van der Waals surface area contributed by atoms with Crippen LogP contribution in [0.1, 0.15) is 29.2 Å². The first-order valence-electron chi connectivity index (χ1n) is 5.20. The van der Waals surface area contributed by atoms with Crippen molar-refractivity contribution in [1.29, 1.82) is 0 Å². The lowest BCUT2D eigenvalue weighted by Gasteiger charge is -2.27. The lowest BCUT2D eigenvalue weighted by molar-refractivity contribution is -0.117. The third-order valence-corrected chi connectivity index (χ3v) is 3.15. The van der Waals surface area contributed by atoms with Gasteiger partial charge in [0.05, 0.1) is 0 Å². The molecule has 15 heavy (non-hydrogen) atoms. The number of rotatable bonds is 1. The molecular formula is C12H16N2O. The second-order valence-electron chi connectivity index (χ2n) is 4.07. The Labute approximate surface area is 89.9 Å².